The number of rotatable bonds is 4. The van der Waals surface area contributed by atoms with Gasteiger partial charge in [0, 0.05) is 27.7 Å². The summed E-state index contributed by atoms with van der Waals surface area (Å²) < 4.78 is 0. The van der Waals surface area contributed by atoms with Gasteiger partial charge in [-0.1, -0.05) is 71.7 Å². The zero-order chi connectivity index (χ0) is 22.4. The predicted molar refractivity (Wildman–Crippen MR) is 125 cm³/mol. The lowest BCUT2D eigenvalue weighted by Gasteiger charge is -2.27. The summed E-state index contributed by atoms with van der Waals surface area (Å²) in [7, 11) is 0. The normalized spacial score (nSPS) is 15.3. The minimum atomic E-state index is -0.400. The topological polar surface area (TPSA) is 69.2 Å². The van der Waals surface area contributed by atoms with Crippen molar-refractivity contribution in [1.29, 1.82) is 0 Å². The smallest absolute Gasteiger partial charge is 0.273 e. The molecule has 1 aliphatic rings. The van der Waals surface area contributed by atoms with E-state index in [1.165, 1.54) is 0 Å². The van der Waals surface area contributed by atoms with Crippen LogP contribution in [0.25, 0.3) is 11.3 Å². The van der Waals surface area contributed by atoms with Crippen molar-refractivity contribution in [2.24, 2.45) is 0 Å². The van der Waals surface area contributed by atoms with E-state index >= 15 is 0 Å². The fourth-order valence-electron chi connectivity index (χ4n) is 4.21. The second-order valence-corrected chi connectivity index (χ2v) is 8.63. The number of hydrogen-bond donors (Lipinski definition) is 2. The van der Waals surface area contributed by atoms with E-state index in [4.69, 9.17) is 23.2 Å². The number of hydrogen-bond acceptors (Lipinski definition) is 3. The predicted octanol–water partition coefficient (Wildman–Crippen LogP) is 6.14. The maximum absolute atomic E-state index is 13.5. The van der Waals surface area contributed by atoms with Crippen molar-refractivity contribution < 1.29 is 9.90 Å². The number of aromatic amines is 1. The van der Waals surface area contributed by atoms with E-state index in [1.54, 1.807) is 17.0 Å². The molecule has 0 fully saturated rings. The number of aryl methyl sites for hydroxylation is 1. The molecule has 1 amide bonds. The first-order valence-electron chi connectivity index (χ1n) is 10.1. The van der Waals surface area contributed by atoms with Crippen LogP contribution >= 0.6 is 23.2 Å². The number of aromatic nitrogens is 2. The molecule has 0 aliphatic carbocycles. The SMILES string of the molecule is Cc1cc(O)c(-c2n[nH]c3c2C(c2ccccc2)N(Cc2ccccc2Cl)C3=O)cc1Cl. The van der Waals surface area contributed by atoms with Crippen molar-refractivity contribution in [1.82, 2.24) is 15.1 Å². The van der Waals surface area contributed by atoms with Gasteiger partial charge in [-0.15, -0.1) is 0 Å². The largest absolute Gasteiger partial charge is 0.507 e. The average Bonchev–Trinajstić information content (AvgIpc) is 3.32. The lowest BCUT2D eigenvalue weighted by atomic mass is 9.95. The Labute approximate surface area is 195 Å². The van der Waals surface area contributed by atoms with Gasteiger partial charge in [-0.2, -0.15) is 5.10 Å². The van der Waals surface area contributed by atoms with E-state index in [1.807, 2.05) is 61.5 Å². The van der Waals surface area contributed by atoms with E-state index in [2.05, 4.69) is 10.2 Å². The van der Waals surface area contributed by atoms with Crippen molar-refractivity contribution in [3.8, 4) is 17.0 Å². The molecule has 4 aromatic rings. The molecule has 5 rings (SSSR count). The fourth-order valence-corrected chi connectivity index (χ4v) is 4.57. The lowest BCUT2D eigenvalue weighted by Crippen LogP contribution is -2.29. The quantitative estimate of drug-likeness (QED) is 0.381. The number of aromatic hydroxyl groups is 1. The second kappa shape index (κ2) is 8.01. The number of H-pyrrole nitrogens is 1. The van der Waals surface area contributed by atoms with E-state index in [0.717, 1.165) is 16.7 Å². The van der Waals surface area contributed by atoms with Gasteiger partial charge in [0.1, 0.15) is 17.1 Å². The van der Waals surface area contributed by atoms with Crippen molar-refractivity contribution in [3.63, 3.8) is 0 Å². The number of benzene rings is 3. The average molecular weight is 464 g/mol. The zero-order valence-electron chi connectivity index (χ0n) is 17.1. The molecule has 0 bridgehead atoms. The summed E-state index contributed by atoms with van der Waals surface area (Å²) in [6.07, 6.45) is 0. The van der Waals surface area contributed by atoms with Gasteiger partial charge in [-0.3, -0.25) is 9.89 Å². The number of phenols is 1. The third-order valence-electron chi connectivity index (χ3n) is 5.81. The van der Waals surface area contributed by atoms with Gasteiger partial charge < -0.3 is 10.0 Å². The summed E-state index contributed by atoms with van der Waals surface area (Å²) in [5, 5.41) is 19.1. The summed E-state index contributed by atoms with van der Waals surface area (Å²) >= 11 is 12.8. The summed E-state index contributed by atoms with van der Waals surface area (Å²) in [5.41, 5.74) is 4.64. The molecule has 2 heterocycles. The molecule has 0 saturated carbocycles. The molecule has 1 atom stereocenters. The van der Waals surface area contributed by atoms with Crippen molar-refractivity contribution in [2.45, 2.75) is 19.5 Å². The lowest BCUT2D eigenvalue weighted by molar-refractivity contribution is 0.0730. The standard InChI is InChI=1S/C25H19Cl2N3O2/c1-14-11-20(31)17(12-19(14)27)22-21-23(29-28-22)25(32)30(13-16-9-5-6-10-18(16)26)24(21)15-7-3-2-4-8-15/h2-12,24,31H,13H2,1H3,(H,28,29). The number of fused-ring (bicyclic) bond motifs is 1. The molecule has 0 radical (unpaired) electrons. The van der Waals surface area contributed by atoms with Gasteiger partial charge in [0.05, 0.1) is 6.04 Å². The summed E-state index contributed by atoms with van der Waals surface area (Å²) in [6, 6.07) is 20.1. The molecule has 3 aromatic carbocycles. The van der Waals surface area contributed by atoms with Crippen LogP contribution in [0.3, 0.4) is 0 Å². The molecule has 2 N–H and O–H groups in total. The Morgan fingerprint density at radius 2 is 1.75 bits per heavy atom. The van der Waals surface area contributed by atoms with Gasteiger partial charge in [-0.25, -0.2) is 0 Å². The van der Waals surface area contributed by atoms with E-state index in [9.17, 15) is 9.90 Å². The highest BCUT2D eigenvalue weighted by atomic mass is 35.5. The maximum atomic E-state index is 13.5. The van der Waals surface area contributed by atoms with Gasteiger partial charge in [0.25, 0.3) is 5.91 Å². The molecular formula is C25H19Cl2N3O2. The first kappa shape index (κ1) is 20.6. The van der Waals surface area contributed by atoms with Gasteiger partial charge in [0.2, 0.25) is 0 Å². The summed E-state index contributed by atoms with van der Waals surface area (Å²) in [6.45, 7) is 2.16. The molecule has 160 valence electrons. The van der Waals surface area contributed by atoms with Crippen molar-refractivity contribution >= 4 is 29.1 Å². The number of amides is 1. The van der Waals surface area contributed by atoms with Crippen LogP contribution < -0.4 is 0 Å². The summed E-state index contributed by atoms with van der Waals surface area (Å²) in [5.74, 6) is -0.116. The molecule has 0 spiro atoms. The minimum absolute atomic E-state index is 0.0602. The minimum Gasteiger partial charge on any atom is -0.507 e. The number of carbonyl (C=O) groups excluding carboxylic acids is 1. The third-order valence-corrected chi connectivity index (χ3v) is 6.59. The van der Waals surface area contributed by atoms with E-state index in [-0.39, 0.29) is 11.7 Å². The second-order valence-electron chi connectivity index (χ2n) is 7.82. The highest BCUT2D eigenvalue weighted by molar-refractivity contribution is 6.32. The van der Waals surface area contributed by atoms with Crippen LogP contribution in [0, 0.1) is 6.92 Å². The highest BCUT2D eigenvalue weighted by Gasteiger charge is 2.42. The summed E-state index contributed by atoms with van der Waals surface area (Å²) in [4.78, 5) is 15.2. The highest BCUT2D eigenvalue weighted by Crippen LogP contribution is 2.46. The molecule has 7 heteroatoms. The third kappa shape index (κ3) is 3.34. The van der Waals surface area contributed by atoms with Crippen LogP contribution in [0.15, 0.2) is 66.7 Å². The fraction of sp³-hybridized carbons (Fsp3) is 0.120. The van der Waals surface area contributed by atoms with Gasteiger partial charge in [-0.05, 0) is 41.8 Å². The molecule has 1 aliphatic heterocycles. The van der Waals surface area contributed by atoms with E-state index < -0.39 is 6.04 Å². The van der Waals surface area contributed by atoms with Gasteiger partial charge in [0.15, 0.2) is 0 Å². The van der Waals surface area contributed by atoms with Crippen LogP contribution in [-0.2, 0) is 6.54 Å². The van der Waals surface area contributed by atoms with Crippen LogP contribution in [-0.4, -0.2) is 26.1 Å². The molecule has 1 aromatic heterocycles. The van der Waals surface area contributed by atoms with Crippen LogP contribution in [0.2, 0.25) is 10.0 Å². The Morgan fingerprint density at radius 1 is 1.03 bits per heavy atom. The Hall–Kier alpha value is -3.28. The van der Waals surface area contributed by atoms with Crippen LogP contribution in [0.5, 0.6) is 5.75 Å². The first-order valence-corrected chi connectivity index (χ1v) is 10.9. The Balaban J connectivity index is 1.68. The molecular weight excluding hydrogens is 445 g/mol. The number of halogens is 2. The van der Waals surface area contributed by atoms with Crippen LogP contribution in [0.4, 0.5) is 0 Å². The zero-order valence-corrected chi connectivity index (χ0v) is 18.7. The number of nitrogens with one attached hydrogen (secondary N) is 1. The monoisotopic (exact) mass is 463 g/mol. The Morgan fingerprint density at radius 3 is 2.50 bits per heavy atom. The van der Waals surface area contributed by atoms with E-state index in [0.29, 0.717) is 39.1 Å². The Bertz CT molecular complexity index is 1330. The number of phenolic OH excluding ortho intramolecular Hbond substituents is 1. The Kier molecular flexibility index (Phi) is 5.16. The number of nitrogens with zero attached hydrogens (tertiary/aromatic N) is 2. The molecule has 5 nitrogen and oxygen atoms in total. The molecule has 0 saturated heterocycles. The van der Waals surface area contributed by atoms with Crippen molar-refractivity contribution in [3.05, 3.63) is 105 Å². The van der Waals surface area contributed by atoms with Gasteiger partial charge >= 0.3 is 0 Å². The number of carbonyl (C=O) groups is 1. The van der Waals surface area contributed by atoms with Crippen molar-refractivity contribution in [2.75, 3.05) is 0 Å². The molecule has 1 unspecified atom stereocenters. The maximum Gasteiger partial charge on any atom is 0.273 e. The van der Waals surface area contributed by atoms with Crippen LogP contribution in [0.1, 0.15) is 38.8 Å². The first-order chi connectivity index (χ1) is 15.5. The molecule has 32 heavy (non-hydrogen) atoms.